The van der Waals surface area contributed by atoms with Crippen molar-refractivity contribution in [2.75, 3.05) is 18.1 Å². The molecular weight excluding hydrogens is 520 g/mol. The van der Waals surface area contributed by atoms with Crippen molar-refractivity contribution >= 4 is 41.8 Å². The van der Waals surface area contributed by atoms with Gasteiger partial charge in [0.25, 0.3) is 0 Å². The third kappa shape index (κ3) is 13.1. The number of benzene rings is 1. The van der Waals surface area contributed by atoms with Crippen molar-refractivity contribution in [3.63, 3.8) is 0 Å². The average molecular weight is 561 g/mol. The van der Waals surface area contributed by atoms with Crippen molar-refractivity contribution < 1.29 is 42.1 Å². The third-order valence-corrected chi connectivity index (χ3v) is 5.93. The van der Waals surface area contributed by atoms with Gasteiger partial charge in [0, 0.05) is 17.9 Å². The topological polar surface area (TPSA) is 118 Å². The highest BCUT2D eigenvalue weighted by atomic mass is 32.2. The molecule has 11 heteroatoms. The number of hydrogen-bond acceptors (Lipinski definition) is 11. The maximum Gasteiger partial charge on any atom is 0.311 e. The van der Waals surface area contributed by atoms with Crippen LogP contribution in [0.2, 0.25) is 0 Å². The van der Waals surface area contributed by atoms with E-state index in [4.69, 9.17) is 22.6 Å². The van der Waals surface area contributed by atoms with E-state index < -0.39 is 48.6 Å². The number of aliphatic hydroxyl groups excluding tert-OH is 1. The molecule has 0 spiro atoms. The van der Waals surface area contributed by atoms with E-state index in [1.54, 1.807) is 20.8 Å². The van der Waals surface area contributed by atoms with E-state index in [0.29, 0.717) is 11.5 Å². The van der Waals surface area contributed by atoms with E-state index in [1.807, 2.05) is 44.2 Å². The van der Waals surface area contributed by atoms with Crippen LogP contribution in [0, 0.1) is 5.41 Å². The Morgan fingerprint density at radius 2 is 1.51 bits per heavy atom. The van der Waals surface area contributed by atoms with E-state index >= 15 is 0 Å². The maximum atomic E-state index is 13.0. The molecule has 0 saturated heterocycles. The van der Waals surface area contributed by atoms with Crippen molar-refractivity contribution in [2.24, 2.45) is 5.41 Å². The summed E-state index contributed by atoms with van der Waals surface area (Å²) in [5.41, 5.74) is -0.0487. The Hall–Kier alpha value is -1.63. The number of ketones is 1. The maximum absolute atomic E-state index is 13.0. The van der Waals surface area contributed by atoms with Gasteiger partial charge in [0.05, 0.1) is 25.0 Å². The van der Waals surface area contributed by atoms with Gasteiger partial charge in [-0.25, -0.2) is 0 Å². The molecule has 0 aliphatic carbocycles. The van der Waals surface area contributed by atoms with Gasteiger partial charge in [-0.15, -0.1) is 0 Å². The molecule has 0 aliphatic heterocycles. The number of ether oxygens (including phenoxy) is 3. The number of esters is 2. The highest BCUT2D eigenvalue weighted by molar-refractivity contribution is 7.95. The quantitative estimate of drug-likeness (QED) is 0.155. The number of hydrogen-bond donors (Lipinski definition) is 1. The highest BCUT2D eigenvalue weighted by Gasteiger charge is 2.44. The van der Waals surface area contributed by atoms with Crippen LogP contribution in [0.25, 0.3) is 0 Å². The van der Waals surface area contributed by atoms with Crippen molar-refractivity contribution in [2.45, 2.75) is 85.6 Å². The standard InChI is InChI=1S/C26H40O9S2/c1-7-36-34-24(35-37-8-2)23(33-25(30)26(4,5)6)22(31-17-19-12-10-9-11-13-19)20(16-27)32-21(29)15-14-18(3)28/h9-13,20,22-24,27H,7-8,14-17H2,1-6H3/t20-,22+,23-/m1/s1. The summed E-state index contributed by atoms with van der Waals surface area (Å²) >= 11 is 2.23. The summed E-state index contributed by atoms with van der Waals surface area (Å²) in [6.07, 6.45) is -4.84. The molecule has 0 fully saturated rings. The van der Waals surface area contributed by atoms with Crippen molar-refractivity contribution in [1.82, 2.24) is 0 Å². The molecule has 210 valence electrons. The molecule has 0 radical (unpaired) electrons. The minimum Gasteiger partial charge on any atom is -0.457 e. The summed E-state index contributed by atoms with van der Waals surface area (Å²) in [6, 6.07) is 9.26. The van der Waals surface area contributed by atoms with Gasteiger partial charge in [-0.2, -0.15) is 0 Å². The van der Waals surface area contributed by atoms with Crippen LogP contribution in [0.3, 0.4) is 0 Å². The molecule has 37 heavy (non-hydrogen) atoms. The fourth-order valence-electron chi connectivity index (χ4n) is 2.87. The van der Waals surface area contributed by atoms with Gasteiger partial charge in [0.2, 0.25) is 6.29 Å². The van der Waals surface area contributed by atoms with E-state index in [9.17, 15) is 19.5 Å². The molecule has 0 aromatic heterocycles. The molecule has 9 nitrogen and oxygen atoms in total. The Bertz CT molecular complexity index is 806. The Labute approximate surface area is 228 Å². The van der Waals surface area contributed by atoms with E-state index in [0.717, 1.165) is 29.6 Å². The first-order valence-corrected chi connectivity index (χ1v) is 14.1. The van der Waals surface area contributed by atoms with Crippen LogP contribution in [-0.4, -0.2) is 65.5 Å². The molecular formula is C26H40O9S2. The fraction of sp³-hybridized carbons (Fsp3) is 0.654. The van der Waals surface area contributed by atoms with Crippen molar-refractivity contribution in [3.8, 4) is 0 Å². The van der Waals surface area contributed by atoms with Crippen molar-refractivity contribution in [1.29, 1.82) is 0 Å². The van der Waals surface area contributed by atoms with Gasteiger partial charge in [-0.1, -0.05) is 44.2 Å². The number of carbonyl (C=O) groups is 3. The van der Waals surface area contributed by atoms with Crippen LogP contribution >= 0.6 is 24.1 Å². The minimum atomic E-state index is -1.23. The minimum absolute atomic E-state index is 0.00405. The Kier molecular flexibility index (Phi) is 16.1. The van der Waals surface area contributed by atoms with Crippen LogP contribution in [0.1, 0.15) is 59.9 Å². The first-order valence-electron chi connectivity index (χ1n) is 12.3. The smallest absolute Gasteiger partial charge is 0.311 e. The second-order valence-electron chi connectivity index (χ2n) is 9.17. The van der Waals surface area contributed by atoms with Crippen LogP contribution in [-0.2, 0) is 43.6 Å². The molecule has 1 aromatic carbocycles. The van der Waals surface area contributed by atoms with E-state index in [-0.39, 0.29) is 25.2 Å². The normalized spacial score (nSPS) is 14.2. The zero-order valence-electron chi connectivity index (χ0n) is 22.5. The van der Waals surface area contributed by atoms with Gasteiger partial charge >= 0.3 is 11.9 Å². The SMILES string of the molecule is CCSOC(OSCC)[C@H](OC(=O)C(C)(C)C)[C@@H](OCc1ccccc1)[C@@H](CO)OC(=O)CCC(C)=O. The van der Waals surface area contributed by atoms with E-state index in [2.05, 4.69) is 0 Å². The van der Waals surface area contributed by atoms with Crippen LogP contribution in [0.15, 0.2) is 30.3 Å². The van der Waals surface area contributed by atoms with Crippen LogP contribution in [0.5, 0.6) is 0 Å². The lowest BCUT2D eigenvalue weighted by Crippen LogP contribution is -2.52. The first-order chi connectivity index (χ1) is 17.5. The first kappa shape index (κ1) is 33.4. The van der Waals surface area contributed by atoms with Gasteiger partial charge in [-0.3, -0.25) is 18.0 Å². The second kappa shape index (κ2) is 17.8. The number of carbonyl (C=O) groups excluding carboxylic acids is 3. The number of Topliss-reactive ketones (excluding diaryl/α,β-unsaturated/α-hetero) is 1. The summed E-state index contributed by atoms with van der Waals surface area (Å²) in [4.78, 5) is 36.8. The van der Waals surface area contributed by atoms with E-state index in [1.165, 1.54) is 6.92 Å². The molecule has 1 N–H and O–H groups in total. The summed E-state index contributed by atoms with van der Waals surface area (Å²) in [5, 5.41) is 10.2. The molecule has 0 bridgehead atoms. The van der Waals surface area contributed by atoms with Crippen LogP contribution < -0.4 is 0 Å². The zero-order chi connectivity index (χ0) is 27.8. The van der Waals surface area contributed by atoms with Crippen molar-refractivity contribution in [3.05, 3.63) is 35.9 Å². The Morgan fingerprint density at radius 1 is 0.919 bits per heavy atom. The Morgan fingerprint density at radius 3 is 2.00 bits per heavy atom. The molecule has 0 amide bonds. The average Bonchev–Trinajstić information content (AvgIpc) is 2.86. The molecule has 0 unspecified atom stereocenters. The zero-order valence-corrected chi connectivity index (χ0v) is 24.1. The lowest BCUT2D eigenvalue weighted by molar-refractivity contribution is -0.212. The highest BCUT2D eigenvalue weighted by Crippen LogP contribution is 2.28. The van der Waals surface area contributed by atoms with Gasteiger partial charge in [0.15, 0.2) is 12.2 Å². The molecule has 0 saturated carbocycles. The van der Waals surface area contributed by atoms with Gasteiger partial charge in [0.1, 0.15) is 11.9 Å². The fourth-order valence-corrected chi connectivity index (χ4v) is 3.76. The summed E-state index contributed by atoms with van der Waals surface area (Å²) in [6.45, 7) is 9.72. The van der Waals surface area contributed by atoms with Gasteiger partial charge < -0.3 is 24.1 Å². The lowest BCUT2D eigenvalue weighted by Gasteiger charge is -2.36. The monoisotopic (exact) mass is 560 g/mol. The predicted molar refractivity (Wildman–Crippen MR) is 143 cm³/mol. The largest absolute Gasteiger partial charge is 0.457 e. The summed E-state index contributed by atoms with van der Waals surface area (Å²) in [5.74, 6) is -0.217. The van der Waals surface area contributed by atoms with Gasteiger partial charge in [-0.05, 0) is 57.3 Å². The lowest BCUT2D eigenvalue weighted by atomic mass is 9.97. The molecule has 0 heterocycles. The molecule has 1 aromatic rings. The molecule has 3 atom stereocenters. The Balaban J connectivity index is 3.41. The molecule has 0 aliphatic rings. The summed E-state index contributed by atoms with van der Waals surface area (Å²) < 4.78 is 29.2. The number of rotatable bonds is 18. The van der Waals surface area contributed by atoms with Crippen LogP contribution in [0.4, 0.5) is 0 Å². The summed E-state index contributed by atoms with van der Waals surface area (Å²) in [7, 11) is 0. The molecule has 1 rings (SSSR count). The second-order valence-corrected chi connectivity index (χ2v) is 11.2. The number of aliphatic hydroxyl groups is 1. The third-order valence-electron chi connectivity index (χ3n) is 4.80. The predicted octanol–water partition coefficient (Wildman–Crippen LogP) is 4.50.